The van der Waals surface area contributed by atoms with E-state index in [9.17, 15) is 27.6 Å². The number of fused-ring (bicyclic) bond motifs is 2. The lowest BCUT2D eigenvalue weighted by atomic mass is 9.70. The van der Waals surface area contributed by atoms with Crippen LogP contribution in [-0.4, -0.2) is 91.4 Å². The fraction of sp³-hybridized carbons (Fsp3) is 0.509. The predicted octanol–water partition coefficient (Wildman–Crippen LogP) is 10.1. The number of sulfonamides is 1. The number of H-pyrrole nitrogens is 1. The first-order chi connectivity index (χ1) is 33.4. The van der Waals surface area contributed by atoms with E-state index >= 15 is 0 Å². The van der Waals surface area contributed by atoms with Gasteiger partial charge in [0.1, 0.15) is 40.9 Å². The number of likely N-dealkylation sites (tertiary alicyclic amines) is 1. The summed E-state index contributed by atoms with van der Waals surface area (Å²) in [5, 5.41) is 17.1. The Labute approximate surface area is 408 Å². The third-order valence-corrected chi connectivity index (χ3v) is 17.1. The number of hydrogen-bond donors (Lipinski definition) is 4. The highest BCUT2D eigenvalue weighted by Gasteiger charge is 2.50. The highest BCUT2D eigenvalue weighted by molar-refractivity contribution is 7.90. The second-order valence-electron chi connectivity index (χ2n) is 21.6. The minimum Gasteiger partial charge on any atom is -0.489 e. The number of aromatic amines is 1. The summed E-state index contributed by atoms with van der Waals surface area (Å²) in [6.45, 7) is 14.6. The van der Waals surface area contributed by atoms with Crippen LogP contribution in [0.3, 0.4) is 0 Å². The summed E-state index contributed by atoms with van der Waals surface area (Å²) in [5.74, 6) is -0.669. The first kappa shape index (κ1) is 47.9. The van der Waals surface area contributed by atoms with Gasteiger partial charge in [-0.05, 0) is 122 Å². The molecule has 1 amide bonds. The Kier molecular flexibility index (Phi) is 12.6. The van der Waals surface area contributed by atoms with Crippen molar-refractivity contribution < 1.29 is 36.9 Å². The molecule has 2 saturated heterocycles. The summed E-state index contributed by atoms with van der Waals surface area (Å²) in [6.07, 6.45) is 9.59. The fourth-order valence-electron chi connectivity index (χ4n) is 11.9. The van der Waals surface area contributed by atoms with E-state index in [1.54, 1.807) is 19.1 Å². The number of anilines is 2. The zero-order valence-electron chi connectivity index (χ0n) is 40.6. The van der Waals surface area contributed by atoms with Crippen LogP contribution in [0.2, 0.25) is 0 Å². The molecule has 0 bridgehead atoms. The van der Waals surface area contributed by atoms with Gasteiger partial charge in [0.25, 0.3) is 21.8 Å². The maximum absolute atomic E-state index is 14.9. The summed E-state index contributed by atoms with van der Waals surface area (Å²) in [6, 6.07) is 18.2. The quantitative estimate of drug-likeness (QED) is 0.0868. The summed E-state index contributed by atoms with van der Waals surface area (Å²) < 4.78 is 63.5. The first-order valence-corrected chi connectivity index (χ1v) is 26.3. The van der Waals surface area contributed by atoms with Gasteiger partial charge in [-0.1, -0.05) is 51.5 Å². The molecule has 0 unspecified atom stereocenters. The average Bonchev–Trinajstić information content (AvgIpc) is 3.96. The zero-order valence-corrected chi connectivity index (χ0v) is 41.5. The number of pyridine rings is 1. The van der Waals surface area contributed by atoms with Crippen molar-refractivity contribution in [1.29, 1.82) is 0 Å². The minimum atomic E-state index is -4.63. The molecule has 2 saturated carbocycles. The maximum Gasteiger partial charge on any atom is 0.268 e. The standard InChI is InChI=1S/C53H64FN7O8S/c1-6-67-50-46(27-38-40(54)28-55-48(38)57-50)69-44-24-33(60-22-20-53(21-23-60)30-61(31-53)43-13-9-11-36(43)35-10-7-8-12-39(35)51(2,3)4)14-15-37(44)49(62)59-70(65,66)34-25-41(58-64)47-45(26-34)68-29-42(56-47)32-16-18-52(5,63)19-17-32/h7-8,10,12,14-15,24-28,32,36,42-43,56,63H,6,9,11,13,16-23,29-31H2,1-5H3,(H,55,57)(H,59,62)/t32-,36-,42+,43-,52-/m0/s1. The molecule has 70 heavy (non-hydrogen) atoms. The molecule has 5 aromatic rings. The van der Waals surface area contributed by atoms with E-state index in [-0.39, 0.29) is 87.1 Å². The summed E-state index contributed by atoms with van der Waals surface area (Å²) in [4.78, 5) is 38.3. The lowest BCUT2D eigenvalue weighted by molar-refractivity contribution is -0.0494. The number of amides is 1. The average molecular weight is 978 g/mol. The van der Waals surface area contributed by atoms with E-state index < -0.39 is 32.2 Å². The molecule has 2 aliphatic carbocycles. The Morgan fingerprint density at radius 1 is 1.01 bits per heavy atom. The van der Waals surface area contributed by atoms with E-state index in [1.807, 2.05) is 6.92 Å². The van der Waals surface area contributed by atoms with Crippen LogP contribution in [-0.2, 0) is 15.4 Å². The molecule has 0 radical (unpaired) electrons. The SMILES string of the molecule is CCOc1nc2[nH]cc(F)c2cc1Oc1cc(N2CCC3(CC2)CN([C@H]2CCC[C@H]2c2ccccc2C(C)(C)C)C3)ccc1C(=O)NS(=O)(=O)c1cc(N=O)c2c(c1)OC[C@H]([C@H]1CC[C@](C)(O)CC1)N2. The predicted molar refractivity (Wildman–Crippen MR) is 267 cm³/mol. The Bertz CT molecular complexity index is 2910. The zero-order chi connectivity index (χ0) is 49.2. The van der Waals surface area contributed by atoms with Gasteiger partial charge in [0.2, 0.25) is 0 Å². The normalized spacial score (nSPS) is 24.6. The van der Waals surface area contributed by atoms with E-state index in [0.29, 0.717) is 24.8 Å². The number of benzene rings is 3. The van der Waals surface area contributed by atoms with Gasteiger partial charge in [0, 0.05) is 62.3 Å². The first-order valence-electron chi connectivity index (χ1n) is 24.8. The highest BCUT2D eigenvalue weighted by atomic mass is 32.2. The molecule has 3 aromatic carbocycles. The number of aromatic nitrogens is 2. The van der Waals surface area contributed by atoms with Crippen LogP contribution in [0.1, 0.15) is 120 Å². The van der Waals surface area contributed by atoms with Crippen LogP contribution in [0.15, 0.2) is 76.9 Å². The Morgan fingerprint density at radius 3 is 2.50 bits per heavy atom. The van der Waals surface area contributed by atoms with Crippen molar-refractivity contribution in [3.63, 3.8) is 0 Å². The van der Waals surface area contributed by atoms with Gasteiger partial charge in [-0.25, -0.2) is 17.5 Å². The molecule has 10 rings (SSSR count). The van der Waals surface area contributed by atoms with E-state index in [2.05, 4.69) is 80.0 Å². The Balaban J connectivity index is 0.881. The van der Waals surface area contributed by atoms with Gasteiger partial charge in [0.05, 0.1) is 34.1 Å². The molecule has 372 valence electrons. The molecule has 5 aliphatic rings. The number of piperidine rings is 1. The summed E-state index contributed by atoms with van der Waals surface area (Å²) in [7, 11) is -4.63. The van der Waals surface area contributed by atoms with Crippen LogP contribution < -0.4 is 29.1 Å². The smallest absolute Gasteiger partial charge is 0.268 e. The summed E-state index contributed by atoms with van der Waals surface area (Å²) in [5.41, 5.74) is 3.50. The van der Waals surface area contributed by atoms with Gasteiger partial charge >= 0.3 is 0 Å². The van der Waals surface area contributed by atoms with Crippen LogP contribution in [0.4, 0.5) is 21.5 Å². The van der Waals surface area contributed by atoms with Crippen molar-refractivity contribution in [2.45, 2.75) is 126 Å². The second-order valence-corrected chi connectivity index (χ2v) is 23.3. The Morgan fingerprint density at radius 2 is 1.77 bits per heavy atom. The third kappa shape index (κ3) is 9.32. The highest BCUT2D eigenvalue weighted by Crippen LogP contribution is 2.50. The van der Waals surface area contributed by atoms with Crippen LogP contribution >= 0.6 is 0 Å². The number of nitrogens with zero attached hydrogens (tertiary/aromatic N) is 4. The fourth-order valence-corrected chi connectivity index (χ4v) is 12.9. The van der Waals surface area contributed by atoms with Gasteiger partial charge in [-0.15, -0.1) is 4.91 Å². The molecule has 2 aromatic heterocycles. The van der Waals surface area contributed by atoms with Crippen LogP contribution in [0, 0.1) is 22.1 Å². The number of rotatable bonds is 12. The van der Waals surface area contributed by atoms with Crippen molar-refractivity contribution in [2.75, 3.05) is 49.6 Å². The van der Waals surface area contributed by atoms with Crippen LogP contribution in [0.25, 0.3) is 11.0 Å². The van der Waals surface area contributed by atoms with Crippen molar-refractivity contribution in [1.82, 2.24) is 19.6 Å². The summed E-state index contributed by atoms with van der Waals surface area (Å²) >= 11 is 0. The molecule has 3 atom stereocenters. The molecule has 15 nitrogen and oxygen atoms in total. The molecular weight excluding hydrogens is 914 g/mol. The molecule has 3 aliphatic heterocycles. The number of hydrogen-bond acceptors (Lipinski definition) is 13. The van der Waals surface area contributed by atoms with E-state index in [4.69, 9.17) is 14.2 Å². The van der Waals surface area contributed by atoms with Gasteiger partial charge < -0.3 is 34.5 Å². The number of nitrogens with one attached hydrogen (secondary N) is 3. The molecule has 4 fully saturated rings. The van der Waals surface area contributed by atoms with Crippen molar-refractivity contribution in [3.05, 3.63) is 94.3 Å². The number of aliphatic hydroxyl groups is 1. The second kappa shape index (κ2) is 18.4. The molecule has 17 heteroatoms. The largest absolute Gasteiger partial charge is 0.489 e. The Hall–Kier alpha value is -5.78. The van der Waals surface area contributed by atoms with E-state index in [1.165, 1.54) is 54.8 Å². The number of ether oxygens (including phenoxy) is 3. The molecule has 4 N–H and O–H groups in total. The molecule has 5 heterocycles. The minimum absolute atomic E-state index is 0.00431. The van der Waals surface area contributed by atoms with Crippen LogP contribution in [0.5, 0.6) is 23.1 Å². The number of nitroso groups, excluding NO2 is 1. The topological polar surface area (TPSA) is 188 Å². The van der Waals surface area contributed by atoms with Crippen molar-refractivity contribution in [2.24, 2.45) is 16.5 Å². The van der Waals surface area contributed by atoms with Gasteiger partial charge in [-0.3, -0.25) is 9.69 Å². The number of halogens is 1. The maximum atomic E-state index is 14.9. The molecule has 1 spiro atoms. The lowest BCUT2D eigenvalue weighted by Crippen LogP contribution is -2.63. The molecular formula is C53H64FN7O8S. The van der Waals surface area contributed by atoms with E-state index in [0.717, 1.165) is 63.6 Å². The van der Waals surface area contributed by atoms with Crippen molar-refractivity contribution >= 4 is 44.0 Å². The monoisotopic (exact) mass is 977 g/mol. The lowest BCUT2D eigenvalue weighted by Gasteiger charge is -2.57. The van der Waals surface area contributed by atoms with Gasteiger partial charge in [-0.2, -0.15) is 4.98 Å². The van der Waals surface area contributed by atoms with Crippen molar-refractivity contribution in [3.8, 4) is 23.1 Å². The number of carbonyl (C=O) groups excluding carboxylic acids is 1. The number of carbonyl (C=O) groups is 1. The van der Waals surface area contributed by atoms with Gasteiger partial charge in [0.15, 0.2) is 5.75 Å². The third-order valence-electron chi connectivity index (χ3n) is 15.8.